The molecule has 0 saturated carbocycles. The van der Waals surface area contributed by atoms with Gasteiger partial charge in [-0.25, -0.2) is 0 Å². The first-order valence-corrected chi connectivity index (χ1v) is 10.4. The molecule has 2 atom stereocenters. The van der Waals surface area contributed by atoms with Crippen molar-refractivity contribution in [2.45, 2.75) is 25.3 Å². The number of carbonyl (C=O) groups excluding carboxylic acids is 1. The average molecular weight is 472 g/mol. The first kappa shape index (κ1) is 20.4. The summed E-state index contributed by atoms with van der Waals surface area (Å²) in [5.41, 5.74) is 1.84. The van der Waals surface area contributed by atoms with Gasteiger partial charge in [-0.2, -0.15) is 4.98 Å². The van der Waals surface area contributed by atoms with E-state index in [0.717, 1.165) is 15.6 Å². The van der Waals surface area contributed by atoms with Gasteiger partial charge in [0.15, 0.2) is 11.5 Å². The van der Waals surface area contributed by atoms with Crippen molar-refractivity contribution < 1.29 is 18.8 Å². The van der Waals surface area contributed by atoms with Gasteiger partial charge in [-0.1, -0.05) is 27.2 Å². The van der Waals surface area contributed by atoms with E-state index in [1.165, 1.54) is 0 Å². The fraction of sp³-hybridized carbons (Fsp3) is 0.318. The minimum atomic E-state index is -0.128. The van der Waals surface area contributed by atoms with Gasteiger partial charge in [-0.05, 0) is 48.9 Å². The number of ether oxygens (including phenoxy) is 2. The maximum absolute atomic E-state index is 12.7. The molecule has 1 saturated heterocycles. The number of aromatic nitrogens is 2. The molecule has 0 radical (unpaired) electrons. The summed E-state index contributed by atoms with van der Waals surface area (Å²) in [6.45, 7) is 2.53. The van der Waals surface area contributed by atoms with E-state index in [4.69, 9.17) is 14.0 Å². The third kappa shape index (κ3) is 3.92. The molecule has 2 aromatic carbocycles. The number of benzene rings is 2. The number of nitrogens with zero attached hydrogens (tertiary/aromatic N) is 3. The van der Waals surface area contributed by atoms with Gasteiger partial charge >= 0.3 is 0 Å². The first-order valence-electron chi connectivity index (χ1n) is 9.61. The van der Waals surface area contributed by atoms with Crippen LogP contribution in [-0.4, -0.2) is 41.7 Å². The summed E-state index contributed by atoms with van der Waals surface area (Å²) in [5, 5.41) is 4.09. The van der Waals surface area contributed by atoms with Crippen LogP contribution < -0.4 is 9.47 Å². The molecular weight excluding hydrogens is 450 g/mol. The lowest BCUT2D eigenvalue weighted by Gasteiger charge is -2.25. The molecule has 0 spiro atoms. The Morgan fingerprint density at radius 2 is 1.87 bits per heavy atom. The Kier molecular flexibility index (Phi) is 5.76. The number of likely N-dealkylation sites (tertiary alicyclic amines) is 1. The Balaban J connectivity index is 1.51. The van der Waals surface area contributed by atoms with Crippen LogP contribution in [0.2, 0.25) is 0 Å². The number of hydrogen-bond acceptors (Lipinski definition) is 6. The van der Waals surface area contributed by atoms with Crippen molar-refractivity contribution in [1.82, 2.24) is 15.0 Å². The Hall–Kier alpha value is -2.87. The van der Waals surface area contributed by atoms with Crippen LogP contribution in [0.25, 0.3) is 11.4 Å². The van der Waals surface area contributed by atoms with Crippen LogP contribution >= 0.6 is 15.9 Å². The van der Waals surface area contributed by atoms with E-state index in [0.29, 0.717) is 36.2 Å². The zero-order valence-corrected chi connectivity index (χ0v) is 18.5. The molecule has 2 heterocycles. The summed E-state index contributed by atoms with van der Waals surface area (Å²) in [7, 11) is 3.20. The molecule has 1 aliphatic heterocycles. The smallest absolute Gasteiger partial charge is 0.232 e. The molecule has 0 bridgehead atoms. The quantitative estimate of drug-likeness (QED) is 0.522. The van der Waals surface area contributed by atoms with Crippen LogP contribution in [0.15, 0.2) is 51.5 Å². The van der Waals surface area contributed by atoms with Gasteiger partial charge in [0, 0.05) is 23.0 Å². The third-order valence-electron chi connectivity index (χ3n) is 5.41. The third-order valence-corrected chi connectivity index (χ3v) is 5.94. The largest absolute Gasteiger partial charge is 0.493 e. The van der Waals surface area contributed by atoms with E-state index in [1.807, 2.05) is 54.3 Å². The van der Waals surface area contributed by atoms with Crippen molar-refractivity contribution in [2.75, 3.05) is 20.8 Å². The number of hydrogen-bond donors (Lipinski definition) is 0. The van der Waals surface area contributed by atoms with Gasteiger partial charge < -0.3 is 18.9 Å². The van der Waals surface area contributed by atoms with Gasteiger partial charge in [-0.3, -0.25) is 4.79 Å². The summed E-state index contributed by atoms with van der Waals surface area (Å²) in [6.07, 6.45) is 0.347. The van der Waals surface area contributed by atoms with E-state index >= 15 is 0 Å². The summed E-state index contributed by atoms with van der Waals surface area (Å²) in [6, 6.07) is 13.3. The number of methoxy groups -OCH3 is 2. The van der Waals surface area contributed by atoms with Crippen LogP contribution in [0.4, 0.5) is 0 Å². The molecule has 156 valence electrons. The molecule has 2 unspecified atom stereocenters. The van der Waals surface area contributed by atoms with E-state index in [-0.39, 0.29) is 17.9 Å². The normalized spacial score (nSPS) is 17.3. The van der Waals surface area contributed by atoms with Gasteiger partial charge in [0.2, 0.25) is 17.6 Å². The second kappa shape index (κ2) is 8.47. The fourth-order valence-electron chi connectivity index (χ4n) is 3.68. The second-order valence-corrected chi connectivity index (χ2v) is 8.12. The first-order chi connectivity index (χ1) is 14.5. The van der Waals surface area contributed by atoms with Crippen LogP contribution in [0, 0.1) is 0 Å². The maximum atomic E-state index is 12.7. The predicted octanol–water partition coefficient (Wildman–Crippen LogP) is 4.59. The zero-order valence-electron chi connectivity index (χ0n) is 17.0. The Labute approximate surface area is 183 Å². The van der Waals surface area contributed by atoms with E-state index in [9.17, 15) is 4.79 Å². The number of carbonyl (C=O) groups is 1. The topological polar surface area (TPSA) is 77.7 Å². The van der Waals surface area contributed by atoms with E-state index < -0.39 is 0 Å². The molecule has 4 rings (SSSR count). The number of amides is 1. The maximum Gasteiger partial charge on any atom is 0.232 e. The molecular formula is C22H22BrN3O4. The van der Waals surface area contributed by atoms with Crippen molar-refractivity contribution in [3.05, 3.63) is 58.4 Å². The zero-order chi connectivity index (χ0) is 21.3. The molecule has 1 amide bonds. The summed E-state index contributed by atoms with van der Waals surface area (Å²) in [4.78, 5) is 19.1. The van der Waals surface area contributed by atoms with Gasteiger partial charge in [0.05, 0.1) is 26.2 Å². The summed E-state index contributed by atoms with van der Waals surface area (Å²) in [5.74, 6) is 2.24. The van der Waals surface area contributed by atoms with Crippen LogP contribution in [0.5, 0.6) is 11.5 Å². The van der Waals surface area contributed by atoms with Crippen LogP contribution in [-0.2, 0) is 4.79 Å². The highest BCUT2D eigenvalue weighted by Gasteiger charge is 2.37. The monoisotopic (exact) mass is 471 g/mol. The van der Waals surface area contributed by atoms with Crippen molar-refractivity contribution in [2.24, 2.45) is 0 Å². The number of rotatable bonds is 6. The highest BCUT2D eigenvalue weighted by Crippen LogP contribution is 2.36. The van der Waals surface area contributed by atoms with Crippen LogP contribution in [0.3, 0.4) is 0 Å². The van der Waals surface area contributed by atoms with Gasteiger partial charge in [0.1, 0.15) is 0 Å². The Morgan fingerprint density at radius 1 is 1.13 bits per heavy atom. The van der Waals surface area contributed by atoms with E-state index in [2.05, 4.69) is 26.1 Å². The summed E-state index contributed by atoms with van der Waals surface area (Å²) < 4.78 is 17.2. The molecule has 7 nitrogen and oxygen atoms in total. The highest BCUT2D eigenvalue weighted by atomic mass is 79.9. The molecule has 8 heteroatoms. The molecule has 1 fully saturated rings. The lowest BCUT2D eigenvalue weighted by atomic mass is 10.1. The molecule has 0 N–H and O–H groups in total. The standard InChI is InChI=1S/C22H22BrN3O4/c1-13(15-6-9-18(28-2)19(10-15)29-3)26-12-16(11-20(26)27)22-24-21(25-30-22)14-4-7-17(23)8-5-14/h4-10,13,16H,11-12H2,1-3H3. The molecule has 30 heavy (non-hydrogen) atoms. The minimum Gasteiger partial charge on any atom is -0.493 e. The van der Waals surface area contributed by atoms with Crippen molar-refractivity contribution in [1.29, 1.82) is 0 Å². The minimum absolute atomic E-state index is 0.0608. The molecule has 1 aliphatic rings. The van der Waals surface area contributed by atoms with Gasteiger partial charge in [0.25, 0.3) is 0 Å². The summed E-state index contributed by atoms with van der Waals surface area (Å²) >= 11 is 3.42. The lowest BCUT2D eigenvalue weighted by Crippen LogP contribution is -2.28. The highest BCUT2D eigenvalue weighted by molar-refractivity contribution is 9.10. The second-order valence-electron chi connectivity index (χ2n) is 7.20. The van der Waals surface area contributed by atoms with Gasteiger partial charge in [-0.15, -0.1) is 0 Å². The average Bonchev–Trinajstić information content (AvgIpc) is 3.40. The predicted molar refractivity (Wildman–Crippen MR) is 114 cm³/mol. The Morgan fingerprint density at radius 3 is 2.57 bits per heavy atom. The molecule has 0 aliphatic carbocycles. The SMILES string of the molecule is COc1ccc(C(C)N2CC(c3nc(-c4ccc(Br)cc4)no3)CC2=O)cc1OC. The van der Waals surface area contributed by atoms with Crippen molar-refractivity contribution in [3.8, 4) is 22.9 Å². The molecule has 1 aromatic heterocycles. The van der Waals surface area contributed by atoms with Crippen LogP contribution in [0.1, 0.15) is 36.8 Å². The van der Waals surface area contributed by atoms with Crippen molar-refractivity contribution in [3.63, 3.8) is 0 Å². The van der Waals surface area contributed by atoms with E-state index in [1.54, 1.807) is 14.2 Å². The lowest BCUT2D eigenvalue weighted by molar-refractivity contribution is -0.129. The Bertz CT molecular complexity index is 1050. The van der Waals surface area contributed by atoms with Crippen molar-refractivity contribution >= 4 is 21.8 Å². The number of halogens is 1. The molecule has 3 aromatic rings. The fourth-order valence-corrected chi connectivity index (χ4v) is 3.95.